The molecule has 0 saturated carbocycles. The lowest BCUT2D eigenvalue weighted by atomic mass is 10.2. The molecule has 0 aromatic heterocycles. The lowest BCUT2D eigenvalue weighted by molar-refractivity contribution is -0.117. The van der Waals surface area contributed by atoms with E-state index < -0.39 is 0 Å². The zero-order valence-electron chi connectivity index (χ0n) is 17.1. The number of carbonyl (C=O) groups excluding carboxylic acids is 2. The van der Waals surface area contributed by atoms with Gasteiger partial charge in [-0.05, 0) is 55.4 Å². The molecule has 6 heteroatoms. The average molecular weight is 383 g/mol. The highest BCUT2D eigenvalue weighted by Gasteiger charge is 2.11. The number of ether oxygens (including phenoxy) is 1. The second-order valence-electron chi connectivity index (χ2n) is 6.71. The molecule has 2 rings (SSSR count). The van der Waals surface area contributed by atoms with Gasteiger partial charge in [0.1, 0.15) is 0 Å². The van der Waals surface area contributed by atoms with Gasteiger partial charge < -0.3 is 15.0 Å². The Hall–Kier alpha value is -2.86. The third kappa shape index (κ3) is 6.39. The Bertz CT molecular complexity index is 771. The van der Waals surface area contributed by atoms with E-state index >= 15 is 0 Å². The number of nitrogens with one attached hydrogen (secondary N) is 1. The number of likely N-dealkylation sites (N-methyl/N-ethyl adjacent to an activating group) is 1. The lowest BCUT2D eigenvalue weighted by Gasteiger charge is -2.20. The maximum atomic E-state index is 12.4. The van der Waals surface area contributed by atoms with Gasteiger partial charge in [0.2, 0.25) is 5.91 Å². The summed E-state index contributed by atoms with van der Waals surface area (Å²) in [6, 6.07) is 15.0. The molecular formula is C22H29N3O3. The molecule has 2 aromatic rings. The minimum Gasteiger partial charge on any atom is -0.462 e. The van der Waals surface area contributed by atoms with Crippen LogP contribution < -0.4 is 10.2 Å². The quantitative estimate of drug-likeness (QED) is 0.673. The fourth-order valence-corrected chi connectivity index (χ4v) is 2.74. The minimum atomic E-state index is -0.363. The van der Waals surface area contributed by atoms with Crippen LogP contribution in [0.15, 0.2) is 48.5 Å². The van der Waals surface area contributed by atoms with E-state index in [1.807, 2.05) is 21.0 Å². The fourth-order valence-electron chi connectivity index (χ4n) is 2.74. The lowest BCUT2D eigenvalue weighted by Crippen LogP contribution is -2.32. The standard InChI is InChI=1S/C22H29N3O3/c1-5-25(15-17-7-13-20(14-8-17)24(3)4)16-21(26)23-19-11-9-18(10-12-19)22(27)28-6-2/h7-14H,5-6,15-16H2,1-4H3,(H,23,26). The van der Waals surface area contributed by atoms with Crippen molar-refractivity contribution in [1.29, 1.82) is 0 Å². The summed E-state index contributed by atoms with van der Waals surface area (Å²) in [4.78, 5) is 28.2. The number of carbonyl (C=O) groups is 2. The van der Waals surface area contributed by atoms with Gasteiger partial charge in [0.25, 0.3) is 0 Å². The van der Waals surface area contributed by atoms with E-state index in [0.29, 0.717) is 30.9 Å². The number of hydrogen-bond acceptors (Lipinski definition) is 5. The molecule has 0 unspecified atom stereocenters. The Morgan fingerprint density at radius 1 is 0.964 bits per heavy atom. The molecule has 0 saturated heterocycles. The van der Waals surface area contributed by atoms with Gasteiger partial charge in [0, 0.05) is 32.0 Å². The smallest absolute Gasteiger partial charge is 0.338 e. The van der Waals surface area contributed by atoms with E-state index in [1.165, 1.54) is 5.56 Å². The number of anilines is 2. The summed E-state index contributed by atoms with van der Waals surface area (Å²) in [6.45, 7) is 5.91. The van der Waals surface area contributed by atoms with Gasteiger partial charge in [0.15, 0.2) is 0 Å². The fraction of sp³-hybridized carbons (Fsp3) is 0.364. The van der Waals surface area contributed by atoms with Gasteiger partial charge >= 0.3 is 5.97 Å². The van der Waals surface area contributed by atoms with Crippen molar-refractivity contribution in [3.05, 3.63) is 59.7 Å². The van der Waals surface area contributed by atoms with Crippen LogP contribution in [0.2, 0.25) is 0 Å². The van der Waals surface area contributed by atoms with Crippen LogP contribution in [-0.2, 0) is 16.1 Å². The molecule has 2 aromatic carbocycles. The predicted octanol–water partition coefficient (Wildman–Crippen LogP) is 3.39. The van der Waals surface area contributed by atoms with Crippen molar-refractivity contribution in [2.75, 3.05) is 44.0 Å². The number of benzene rings is 2. The van der Waals surface area contributed by atoms with Crippen LogP contribution in [0, 0.1) is 0 Å². The predicted molar refractivity (Wildman–Crippen MR) is 113 cm³/mol. The summed E-state index contributed by atoms with van der Waals surface area (Å²) in [5, 5.41) is 2.88. The van der Waals surface area contributed by atoms with Crippen LogP contribution in [0.3, 0.4) is 0 Å². The van der Waals surface area contributed by atoms with Gasteiger partial charge in [0.05, 0.1) is 18.7 Å². The number of rotatable bonds is 9. The molecule has 0 radical (unpaired) electrons. The molecule has 0 aliphatic heterocycles. The number of nitrogens with zero attached hydrogens (tertiary/aromatic N) is 2. The van der Waals surface area contributed by atoms with E-state index in [1.54, 1.807) is 31.2 Å². The summed E-state index contributed by atoms with van der Waals surface area (Å²) in [7, 11) is 4.02. The zero-order valence-corrected chi connectivity index (χ0v) is 17.1. The first-order valence-corrected chi connectivity index (χ1v) is 9.48. The third-order valence-electron chi connectivity index (χ3n) is 4.35. The molecule has 0 bridgehead atoms. The second kappa shape index (κ2) is 10.5. The Morgan fingerprint density at radius 3 is 2.14 bits per heavy atom. The van der Waals surface area contributed by atoms with Gasteiger partial charge in [-0.15, -0.1) is 0 Å². The van der Waals surface area contributed by atoms with Gasteiger partial charge in [-0.2, -0.15) is 0 Å². The topological polar surface area (TPSA) is 61.9 Å². The molecule has 0 heterocycles. The maximum Gasteiger partial charge on any atom is 0.338 e. The summed E-state index contributed by atoms with van der Waals surface area (Å²) in [5.74, 6) is -0.450. The highest BCUT2D eigenvalue weighted by atomic mass is 16.5. The summed E-state index contributed by atoms with van der Waals surface area (Å²) < 4.78 is 4.96. The molecular weight excluding hydrogens is 354 g/mol. The molecule has 0 fully saturated rings. The van der Waals surface area contributed by atoms with Gasteiger partial charge in [-0.1, -0.05) is 19.1 Å². The number of hydrogen-bond donors (Lipinski definition) is 1. The van der Waals surface area contributed by atoms with Crippen molar-refractivity contribution in [3.63, 3.8) is 0 Å². The molecule has 0 aliphatic carbocycles. The molecule has 6 nitrogen and oxygen atoms in total. The van der Waals surface area contributed by atoms with Crippen molar-refractivity contribution >= 4 is 23.3 Å². The van der Waals surface area contributed by atoms with Crippen molar-refractivity contribution in [3.8, 4) is 0 Å². The molecule has 0 atom stereocenters. The van der Waals surface area contributed by atoms with Crippen LogP contribution in [0.5, 0.6) is 0 Å². The van der Waals surface area contributed by atoms with Crippen LogP contribution >= 0.6 is 0 Å². The first kappa shape index (κ1) is 21.4. The van der Waals surface area contributed by atoms with Crippen LogP contribution in [0.1, 0.15) is 29.8 Å². The van der Waals surface area contributed by atoms with E-state index in [2.05, 4.69) is 39.4 Å². The average Bonchev–Trinajstić information content (AvgIpc) is 2.68. The monoisotopic (exact) mass is 383 g/mol. The molecule has 0 aliphatic rings. The Balaban J connectivity index is 1.90. The van der Waals surface area contributed by atoms with Crippen molar-refractivity contribution in [1.82, 2.24) is 4.90 Å². The first-order valence-electron chi connectivity index (χ1n) is 9.48. The normalized spacial score (nSPS) is 10.6. The molecule has 1 N–H and O–H groups in total. The van der Waals surface area contributed by atoms with Gasteiger partial charge in [-0.3, -0.25) is 9.69 Å². The molecule has 150 valence electrons. The number of esters is 1. The Labute approximate surface area is 167 Å². The van der Waals surface area contributed by atoms with Crippen LogP contribution in [0.25, 0.3) is 0 Å². The Kier molecular flexibility index (Phi) is 8.02. The van der Waals surface area contributed by atoms with Crippen molar-refractivity contribution in [2.45, 2.75) is 20.4 Å². The van der Waals surface area contributed by atoms with Crippen molar-refractivity contribution in [2.24, 2.45) is 0 Å². The van der Waals surface area contributed by atoms with Crippen molar-refractivity contribution < 1.29 is 14.3 Å². The summed E-state index contributed by atoms with van der Waals surface area (Å²) in [6.07, 6.45) is 0. The Morgan fingerprint density at radius 2 is 1.61 bits per heavy atom. The largest absolute Gasteiger partial charge is 0.462 e. The summed E-state index contributed by atoms with van der Waals surface area (Å²) in [5.41, 5.74) is 3.44. The molecule has 1 amide bonds. The molecule has 0 spiro atoms. The third-order valence-corrected chi connectivity index (χ3v) is 4.35. The van der Waals surface area contributed by atoms with Crippen LogP contribution in [-0.4, -0.2) is 50.6 Å². The van der Waals surface area contributed by atoms with E-state index in [4.69, 9.17) is 4.74 Å². The van der Waals surface area contributed by atoms with E-state index in [9.17, 15) is 9.59 Å². The summed E-state index contributed by atoms with van der Waals surface area (Å²) >= 11 is 0. The zero-order chi connectivity index (χ0) is 20.5. The molecule has 28 heavy (non-hydrogen) atoms. The van der Waals surface area contributed by atoms with E-state index in [-0.39, 0.29) is 11.9 Å². The van der Waals surface area contributed by atoms with Gasteiger partial charge in [-0.25, -0.2) is 4.79 Å². The minimum absolute atomic E-state index is 0.0874. The van der Waals surface area contributed by atoms with Crippen LogP contribution in [0.4, 0.5) is 11.4 Å². The highest BCUT2D eigenvalue weighted by molar-refractivity contribution is 5.94. The highest BCUT2D eigenvalue weighted by Crippen LogP contribution is 2.14. The number of amides is 1. The maximum absolute atomic E-state index is 12.4. The SMILES string of the molecule is CCOC(=O)c1ccc(NC(=O)CN(CC)Cc2ccc(N(C)C)cc2)cc1. The van der Waals surface area contributed by atoms with E-state index in [0.717, 1.165) is 12.2 Å². The first-order chi connectivity index (χ1) is 13.4. The second-order valence-corrected chi connectivity index (χ2v) is 6.71.